The number of ether oxygens (including phenoxy) is 2. The van der Waals surface area contributed by atoms with Gasteiger partial charge in [-0.25, -0.2) is 22.0 Å². The van der Waals surface area contributed by atoms with Crippen molar-refractivity contribution >= 4 is 5.78 Å². The van der Waals surface area contributed by atoms with Gasteiger partial charge in [0.2, 0.25) is 11.6 Å². The Labute approximate surface area is 229 Å². The molecule has 5 nitrogen and oxygen atoms in total. The Kier molecular flexibility index (Phi) is 7.30. The van der Waals surface area contributed by atoms with Crippen molar-refractivity contribution in [2.45, 2.75) is 0 Å². The average molecular weight is 564 g/mol. The number of hydrogen-bond acceptors (Lipinski definition) is 5. The summed E-state index contributed by atoms with van der Waals surface area (Å²) in [6.07, 6.45) is 0. The van der Waals surface area contributed by atoms with E-state index in [0.29, 0.717) is 0 Å². The predicted molar refractivity (Wildman–Crippen MR) is 138 cm³/mol. The number of hydrogen-bond donors (Lipinski definition) is 2. The molecule has 0 heterocycles. The van der Waals surface area contributed by atoms with E-state index in [-0.39, 0.29) is 51.2 Å². The molecule has 0 saturated heterocycles. The van der Waals surface area contributed by atoms with Crippen molar-refractivity contribution in [2.24, 2.45) is 0 Å². The van der Waals surface area contributed by atoms with E-state index < -0.39 is 40.4 Å². The molecule has 0 unspecified atom stereocenters. The van der Waals surface area contributed by atoms with Gasteiger partial charge < -0.3 is 19.7 Å². The number of rotatable bonds is 7. The molecule has 0 aliphatic carbocycles. The van der Waals surface area contributed by atoms with Crippen LogP contribution in [0.25, 0.3) is 11.1 Å². The van der Waals surface area contributed by atoms with Gasteiger partial charge in [0.05, 0.1) is 5.56 Å². The molecule has 0 spiro atoms. The number of phenols is 2. The van der Waals surface area contributed by atoms with Crippen molar-refractivity contribution in [2.75, 3.05) is 0 Å². The Bertz CT molecular complexity index is 1660. The first-order valence-electron chi connectivity index (χ1n) is 11.9. The van der Waals surface area contributed by atoms with Crippen molar-refractivity contribution in [1.82, 2.24) is 0 Å². The summed E-state index contributed by atoms with van der Waals surface area (Å²) in [4.78, 5) is 13.8. The Morgan fingerprint density at radius 1 is 0.537 bits per heavy atom. The van der Waals surface area contributed by atoms with Gasteiger partial charge in [-0.2, -0.15) is 0 Å². The number of ketones is 1. The molecule has 5 aromatic rings. The summed E-state index contributed by atoms with van der Waals surface area (Å²) in [5.41, 5.74) is -1.55. The lowest BCUT2D eigenvalue weighted by molar-refractivity contribution is 0.103. The Morgan fingerprint density at radius 3 is 1.39 bits per heavy atom. The zero-order valence-electron chi connectivity index (χ0n) is 20.7. The number of carbonyl (C=O) groups excluding carboxylic acids is 1. The van der Waals surface area contributed by atoms with E-state index in [1.165, 1.54) is 60.7 Å². The summed E-state index contributed by atoms with van der Waals surface area (Å²) in [7, 11) is 0. The van der Waals surface area contributed by atoms with Crippen LogP contribution in [0, 0.1) is 29.1 Å². The fraction of sp³-hybridized carbons (Fsp3) is 0. The van der Waals surface area contributed by atoms with Gasteiger partial charge in [-0.1, -0.05) is 30.3 Å². The summed E-state index contributed by atoms with van der Waals surface area (Å²) in [6.45, 7) is 0. The highest BCUT2D eigenvalue weighted by Crippen LogP contribution is 2.38. The molecule has 0 aromatic heterocycles. The second-order valence-electron chi connectivity index (χ2n) is 8.67. The molecule has 0 bridgehead atoms. The lowest BCUT2D eigenvalue weighted by Crippen LogP contribution is -2.07. The van der Waals surface area contributed by atoms with Gasteiger partial charge in [-0.05, 0) is 66.2 Å². The largest absolute Gasteiger partial charge is 0.508 e. The first-order chi connectivity index (χ1) is 19.6. The maximum Gasteiger partial charge on any atom is 0.200 e. The zero-order valence-corrected chi connectivity index (χ0v) is 20.7. The molecule has 5 aromatic carbocycles. The quantitative estimate of drug-likeness (QED) is 0.0901. The number of halogens is 5. The smallest absolute Gasteiger partial charge is 0.200 e. The fourth-order valence-corrected chi connectivity index (χ4v) is 3.98. The van der Waals surface area contributed by atoms with Crippen molar-refractivity contribution in [3.63, 3.8) is 0 Å². The van der Waals surface area contributed by atoms with E-state index in [0.717, 1.165) is 24.3 Å². The molecule has 206 valence electrons. The highest BCUT2D eigenvalue weighted by Gasteiger charge is 2.27. The first-order valence-corrected chi connectivity index (χ1v) is 11.9. The summed E-state index contributed by atoms with van der Waals surface area (Å²) in [5.74, 6) is -10.5. The minimum atomic E-state index is -2.28. The van der Waals surface area contributed by atoms with E-state index in [4.69, 9.17) is 9.47 Å². The Hall–Kier alpha value is -5.38. The molecule has 41 heavy (non-hydrogen) atoms. The third kappa shape index (κ3) is 5.40. The molecule has 0 saturated carbocycles. The highest BCUT2D eigenvalue weighted by atomic mass is 19.2. The molecule has 0 fully saturated rings. The average Bonchev–Trinajstić information content (AvgIpc) is 2.98. The van der Waals surface area contributed by atoms with E-state index in [1.807, 2.05) is 0 Å². The summed E-state index contributed by atoms with van der Waals surface area (Å²) < 4.78 is 81.4. The Morgan fingerprint density at radius 2 is 0.951 bits per heavy atom. The number of benzene rings is 5. The molecule has 0 amide bonds. The van der Waals surface area contributed by atoms with Crippen LogP contribution < -0.4 is 9.47 Å². The van der Waals surface area contributed by atoms with Crippen molar-refractivity contribution in [3.05, 3.63) is 131 Å². The molecule has 0 aliphatic heterocycles. The van der Waals surface area contributed by atoms with E-state index in [1.54, 1.807) is 6.07 Å². The van der Waals surface area contributed by atoms with Crippen molar-refractivity contribution < 1.29 is 46.4 Å². The van der Waals surface area contributed by atoms with Crippen LogP contribution in [0.5, 0.6) is 34.5 Å². The van der Waals surface area contributed by atoms with Crippen LogP contribution in [0.15, 0.2) is 91.0 Å². The van der Waals surface area contributed by atoms with Crippen molar-refractivity contribution in [1.29, 1.82) is 0 Å². The highest BCUT2D eigenvalue weighted by molar-refractivity contribution is 6.12. The first kappa shape index (κ1) is 27.2. The van der Waals surface area contributed by atoms with E-state index >= 15 is 0 Å². The van der Waals surface area contributed by atoms with E-state index in [9.17, 15) is 37.0 Å². The standard InChI is InChI=1S/C31H17F5O5/c32-26-24(27(33)29(35)30(36)28(26)34)16-4-6-17(7-5-16)31(39)25-22(40-20-12-8-18(37)9-13-20)2-1-3-23(25)41-21-14-10-19(38)11-15-21/h1-15,37-38H. The third-order valence-electron chi connectivity index (χ3n) is 5.99. The van der Waals surface area contributed by atoms with Crippen LogP contribution in [-0.4, -0.2) is 16.0 Å². The van der Waals surface area contributed by atoms with Gasteiger partial charge >= 0.3 is 0 Å². The van der Waals surface area contributed by atoms with E-state index in [2.05, 4.69) is 0 Å². The second-order valence-corrected chi connectivity index (χ2v) is 8.67. The number of aromatic hydroxyl groups is 2. The lowest BCUT2D eigenvalue weighted by Gasteiger charge is -2.16. The third-order valence-corrected chi connectivity index (χ3v) is 5.99. The minimum absolute atomic E-state index is 0.00746. The lowest BCUT2D eigenvalue weighted by atomic mass is 9.97. The minimum Gasteiger partial charge on any atom is -0.508 e. The van der Waals surface area contributed by atoms with Crippen molar-refractivity contribution in [3.8, 4) is 45.6 Å². The predicted octanol–water partition coefficient (Wildman–Crippen LogP) is 8.28. The van der Waals surface area contributed by atoms with Gasteiger partial charge in [0.1, 0.15) is 40.1 Å². The Balaban J connectivity index is 1.56. The van der Waals surface area contributed by atoms with Gasteiger partial charge in [-0.3, -0.25) is 4.79 Å². The topological polar surface area (TPSA) is 76.0 Å². The van der Waals surface area contributed by atoms with Crippen LogP contribution in [0.1, 0.15) is 15.9 Å². The monoisotopic (exact) mass is 564 g/mol. The maximum absolute atomic E-state index is 14.3. The summed E-state index contributed by atoms with van der Waals surface area (Å²) in [6, 6.07) is 20.4. The summed E-state index contributed by atoms with van der Waals surface area (Å²) in [5, 5.41) is 19.1. The number of phenolic OH excluding ortho intramolecular Hbond substituents is 2. The van der Waals surface area contributed by atoms with Crippen LogP contribution >= 0.6 is 0 Å². The van der Waals surface area contributed by atoms with Gasteiger partial charge in [-0.15, -0.1) is 0 Å². The molecular weight excluding hydrogens is 547 g/mol. The van der Waals surface area contributed by atoms with Gasteiger partial charge in [0, 0.05) is 5.56 Å². The van der Waals surface area contributed by atoms with Crippen LogP contribution in [0.3, 0.4) is 0 Å². The van der Waals surface area contributed by atoms with Crippen LogP contribution in [0.2, 0.25) is 0 Å². The van der Waals surface area contributed by atoms with Crippen LogP contribution in [0.4, 0.5) is 22.0 Å². The second kappa shape index (κ2) is 11.0. The molecular formula is C31H17F5O5. The summed E-state index contributed by atoms with van der Waals surface area (Å²) >= 11 is 0. The number of carbonyl (C=O) groups is 1. The maximum atomic E-state index is 14.3. The molecule has 2 N–H and O–H groups in total. The van der Waals surface area contributed by atoms with Gasteiger partial charge in [0.15, 0.2) is 23.3 Å². The fourth-order valence-electron chi connectivity index (χ4n) is 3.98. The van der Waals surface area contributed by atoms with Gasteiger partial charge in [0.25, 0.3) is 0 Å². The molecule has 0 atom stereocenters. The molecule has 5 rings (SSSR count). The molecule has 10 heteroatoms. The normalized spacial score (nSPS) is 10.9. The molecule has 0 aliphatic rings. The SMILES string of the molecule is O=C(c1ccc(-c2c(F)c(F)c(F)c(F)c2F)cc1)c1c(Oc2ccc(O)cc2)cccc1Oc1ccc(O)cc1. The zero-order chi connectivity index (χ0) is 29.3. The van der Waals surface area contributed by atoms with Crippen LogP contribution in [-0.2, 0) is 0 Å². The molecule has 0 radical (unpaired) electrons.